The number of hydrogen-bond donors (Lipinski definition) is 0. The SMILES string of the molecule is Cc1cc(-c2cccc3c2C(=O)OC3=O)ccc1C(=O)OC=O. The summed E-state index contributed by atoms with van der Waals surface area (Å²) < 4.78 is 8.95. The van der Waals surface area contributed by atoms with E-state index in [9.17, 15) is 19.2 Å². The summed E-state index contributed by atoms with van der Waals surface area (Å²) in [6.07, 6.45) is 0. The van der Waals surface area contributed by atoms with Gasteiger partial charge < -0.3 is 9.47 Å². The van der Waals surface area contributed by atoms with Crippen molar-refractivity contribution < 1.29 is 28.7 Å². The number of ether oxygens (including phenoxy) is 2. The molecule has 0 N–H and O–H groups in total. The summed E-state index contributed by atoms with van der Waals surface area (Å²) >= 11 is 0. The van der Waals surface area contributed by atoms with Crippen LogP contribution in [0.5, 0.6) is 0 Å². The smallest absolute Gasteiger partial charge is 0.347 e. The molecule has 1 heterocycles. The molecule has 0 atom stereocenters. The molecule has 0 bridgehead atoms. The molecule has 0 fully saturated rings. The van der Waals surface area contributed by atoms with Gasteiger partial charge in [0.2, 0.25) is 0 Å². The second-order valence-corrected chi connectivity index (χ2v) is 4.94. The van der Waals surface area contributed by atoms with Gasteiger partial charge in [-0.15, -0.1) is 0 Å². The van der Waals surface area contributed by atoms with E-state index in [1.807, 2.05) is 0 Å². The van der Waals surface area contributed by atoms with Crippen molar-refractivity contribution in [1.82, 2.24) is 0 Å². The number of aryl methyl sites for hydroxylation is 1. The van der Waals surface area contributed by atoms with Crippen LogP contribution in [0.25, 0.3) is 11.1 Å². The molecule has 2 aromatic carbocycles. The average Bonchev–Trinajstić information content (AvgIpc) is 2.82. The van der Waals surface area contributed by atoms with Crippen LogP contribution in [0.4, 0.5) is 0 Å². The molecular formula is C17H10O6. The summed E-state index contributed by atoms with van der Waals surface area (Å²) in [7, 11) is 0. The molecule has 0 unspecified atom stereocenters. The molecule has 0 spiro atoms. The highest BCUT2D eigenvalue weighted by molar-refractivity contribution is 6.18. The molecular weight excluding hydrogens is 300 g/mol. The second-order valence-electron chi connectivity index (χ2n) is 4.94. The maximum Gasteiger partial charge on any atom is 0.347 e. The standard InChI is InChI=1S/C17H10O6/c1-9-7-10(5-6-11(9)15(19)22-8-18)12-3-2-4-13-14(12)17(21)23-16(13)20/h2-8H,1H3. The first-order chi connectivity index (χ1) is 11.0. The first kappa shape index (κ1) is 14.6. The number of carbonyl (C=O) groups excluding carboxylic acids is 4. The van der Waals surface area contributed by atoms with E-state index in [1.54, 1.807) is 31.2 Å². The van der Waals surface area contributed by atoms with Crippen molar-refractivity contribution in [3.63, 3.8) is 0 Å². The maximum absolute atomic E-state index is 11.9. The Hall–Kier alpha value is -3.28. The molecule has 6 nitrogen and oxygen atoms in total. The normalized spacial score (nSPS) is 12.6. The lowest BCUT2D eigenvalue weighted by molar-refractivity contribution is -0.123. The summed E-state index contributed by atoms with van der Waals surface area (Å²) in [5, 5.41) is 0. The number of esters is 3. The largest absolute Gasteiger partial charge is 0.392 e. The predicted octanol–water partition coefficient (Wildman–Crippen LogP) is 2.29. The summed E-state index contributed by atoms with van der Waals surface area (Å²) in [5.74, 6) is -2.12. The highest BCUT2D eigenvalue weighted by atomic mass is 16.6. The molecule has 1 aliphatic heterocycles. The summed E-state index contributed by atoms with van der Waals surface area (Å²) in [5.41, 5.74) is 2.43. The van der Waals surface area contributed by atoms with Crippen molar-refractivity contribution in [3.8, 4) is 11.1 Å². The zero-order chi connectivity index (χ0) is 16.6. The van der Waals surface area contributed by atoms with Gasteiger partial charge in [-0.05, 0) is 35.7 Å². The molecule has 1 aliphatic rings. The third-order valence-electron chi connectivity index (χ3n) is 3.59. The van der Waals surface area contributed by atoms with Crippen LogP contribution in [-0.4, -0.2) is 24.4 Å². The van der Waals surface area contributed by atoms with Crippen molar-refractivity contribution in [2.75, 3.05) is 0 Å². The van der Waals surface area contributed by atoms with Gasteiger partial charge in [0.15, 0.2) is 0 Å². The number of rotatable bonds is 3. The van der Waals surface area contributed by atoms with Crippen LogP contribution < -0.4 is 0 Å². The number of cyclic esters (lactones) is 2. The van der Waals surface area contributed by atoms with Gasteiger partial charge in [-0.2, -0.15) is 0 Å². The Labute approximate surface area is 130 Å². The minimum absolute atomic E-state index is 0.0708. The third kappa shape index (κ3) is 2.40. The molecule has 23 heavy (non-hydrogen) atoms. The number of carbonyl (C=O) groups is 4. The van der Waals surface area contributed by atoms with E-state index in [-0.39, 0.29) is 23.2 Å². The van der Waals surface area contributed by atoms with Crippen molar-refractivity contribution in [1.29, 1.82) is 0 Å². The monoisotopic (exact) mass is 310 g/mol. The number of benzene rings is 2. The number of fused-ring (bicyclic) bond motifs is 1. The van der Waals surface area contributed by atoms with Crippen LogP contribution in [0, 0.1) is 6.92 Å². The fourth-order valence-corrected chi connectivity index (χ4v) is 2.54. The Kier molecular flexibility index (Phi) is 3.50. The molecule has 114 valence electrons. The first-order valence-corrected chi connectivity index (χ1v) is 6.68. The minimum Gasteiger partial charge on any atom is -0.392 e. The zero-order valence-corrected chi connectivity index (χ0v) is 12.0. The van der Waals surface area contributed by atoms with Crippen LogP contribution in [0.1, 0.15) is 36.6 Å². The Bertz CT molecular complexity index is 865. The summed E-state index contributed by atoms with van der Waals surface area (Å²) in [6, 6.07) is 9.65. The first-order valence-electron chi connectivity index (χ1n) is 6.68. The highest BCUT2D eigenvalue weighted by Crippen LogP contribution is 2.32. The quantitative estimate of drug-likeness (QED) is 0.491. The Morgan fingerprint density at radius 2 is 1.83 bits per heavy atom. The molecule has 3 rings (SSSR count). The fraction of sp³-hybridized carbons (Fsp3) is 0.0588. The van der Waals surface area contributed by atoms with Crippen molar-refractivity contribution in [2.24, 2.45) is 0 Å². The summed E-state index contributed by atoms with van der Waals surface area (Å²) in [6.45, 7) is 1.75. The van der Waals surface area contributed by atoms with Crippen molar-refractivity contribution in [2.45, 2.75) is 6.92 Å². The second kappa shape index (κ2) is 5.49. The van der Waals surface area contributed by atoms with E-state index in [1.165, 1.54) is 12.1 Å². The van der Waals surface area contributed by atoms with Gasteiger partial charge >= 0.3 is 24.4 Å². The van der Waals surface area contributed by atoms with Gasteiger partial charge in [0.1, 0.15) is 0 Å². The Balaban J connectivity index is 2.10. The molecule has 0 saturated heterocycles. The maximum atomic E-state index is 11.9. The predicted molar refractivity (Wildman–Crippen MR) is 77.8 cm³/mol. The van der Waals surface area contributed by atoms with Crippen LogP contribution in [-0.2, 0) is 14.3 Å². The topological polar surface area (TPSA) is 86.7 Å². The van der Waals surface area contributed by atoms with E-state index in [2.05, 4.69) is 9.47 Å². The fourth-order valence-electron chi connectivity index (χ4n) is 2.54. The van der Waals surface area contributed by atoms with Crippen LogP contribution in [0.15, 0.2) is 36.4 Å². The molecule has 0 aliphatic carbocycles. The van der Waals surface area contributed by atoms with Crippen LogP contribution in [0.2, 0.25) is 0 Å². The van der Waals surface area contributed by atoms with Crippen molar-refractivity contribution in [3.05, 3.63) is 58.7 Å². The number of hydrogen-bond acceptors (Lipinski definition) is 6. The zero-order valence-electron chi connectivity index (χ0n) is 12.0. The van der Waals surface area contributed by atoms with Gasteiger partial charge in [-0.1, -0.05) is 24.3 Å². The van der Waals surface area contributed by atoms with E-state index in [0.29, 0.717) is 16.7 Å². The highest BCUT2D eigenvalue weighted by Gasteiger charge is 2.32. The van der Waals surface area contributed by atoms with Gasteiger partial charge in [0.05, 0.1) is 16.7 Å². The summed E-state index contributed by atoms with van der Waals surface area (Å²) in [4.78, 5) is 45.3. The van der Waals surface area contributed by atoms with E-state index >= 15 is 0 Å². The minimum atomic E-state index is -0.753. The van der Waals surface area contributed by atoms with E-state index < -0.39 is 17.9 Å². The van der Waals surface area contributed by atoms with E-state index in [4.69, 9.17) is 0 Å². The average molecular weight is 310 g/mol. The van der Waals surface area contributed by atoms with Gasteiger partial charge in [0, 0.05) is 0 Å². The lowest BCUT2D eigenvalue weighted by atomic mass is 9.94. The van der Waals surface area contributed by atoms with Gasteiger partial charge in [-0.25, -0.2) is 14.4 Å². The van der Waals surface area contributed by atoms with Gasteiger partial charge in [-0.3, -0.25) is 4.79 Å². The molecule has 0 radical (unpaired) electrons. The van der Waals surface area contributed by atoms with Crippen molar-refractivity contribution >= 4 is 24.4 Å². The van der Waals surface area contributed by atoms with Crippen LogP contribution >= 0.6 is 0 Å². The van der Waals surface area contributed by atoms with Crippen LogP contribution in [0.3, 0.4) is 0 Å². The Morgan fingerprint density at radius 3 is 2.52 bits per heavy atom. The molecule has 0 aromatic heterocycles. The van der Waals surface area contributed by atoms with Gasteiger partial charge in [0.25, 0.3) is 0 Å². The molecule has 0 saturated carbocycles. The van der Waals surface area contributed by atoms with E-state index in [0.717, 1.165) is 0 Å². The lowest BCUT2D eigenvalue weighted by Gasteiger charge is -2.09. The molecule has 2 aromatic rings. The lowest BCUT2D eigenvalue weighted by Crippen LogP contribution is -2.06. The molecule has 0 amide bonds. The third-order valence-corrected chi connectivity index (χ3v) is 3.59. The Morgan fingerprint density at radius 1 is 1.09 bits per heavy atom. The molecule has 6 heteroatoms.